The lowest BCUT2D eigenvalue weighted by Gasteiger charge is -2.33. The van der Waals surface area contributed by atoms with Crippen molar-refractivity contribution in [2.75, 3.05) is 34.3 Å². The van der Waals surface area contributed by atoms with Crippen LogP contribution in [0.2, 0.25) is 0 Å². The smallest absolute Gasteiger partial charge is 0.305 e. The van der Waals surface area contributed by atoms with E-state index in [0.717, 1.165) is 90.0 Å². The molecule has 0 spiro atoms. The Morgan fingerprint density at radius 2 is 1.27 bits per heavy atom. The van der Waals surface area contributed by atoms with Gasteiger partial charge in [0.1, 0.15) is 6.29 Å². The molecule has 0 saturated carbocycles. The fraction of sp³-hybridized carbons (Fsp3) is 0.903. The second-order valence-corrected chi connectivity index (χ2v) is 11.0. The summed E-state index contributed by atoms with van der Waals surface area (Å²) in [7, 11) is 5.56. The van der Waals surface area contributed by atoms with Crippen molar-refractivity contribution in [2.45, 2.75) is 148 Å². The lowest BCUT2D eigenvalue weighted by Crippen LogP contribution is -2.41. The Morgan fingerprint density at radius 3 is 1.86 bits per heavy atom. The first-order valence-electron chi connectivity index (χ1n) is 15.4. The van der Waals surface area contributed by atoms with Crippen molar-refractivity contribution < 1.29 is 19.1 Å². The van der Waals surface area contributed by atoms with E-state index < -0.39 is 0 Å². The van der Waals surface area contributed by atoms with E-state index in [-0.39, 0.29) is 5.97 Å². The van der Waals surface area contributed by atoms with Crippen LogP contribution in [-0.2, 0) is 19.1 Å². The number of methoxy groups -OCH3 is 1. The molecule has 0 aromatic rings. The minimum atomic E-state index is -0.129. The van der Waals surface area contributed by atoms with Crippen molar-refractivity contribution in [1.82, 2.24) is 9.80 Å². The van der Waals surface area contributed by atoms with E-state index in [1.165, 1.54) is 52.1 Å². The molecule has 0 heterocycles. The van der Waals surface area contributed by atoms with Crippen LogP contribution in [0.4, 0.5) is 0 Å². The second-order valence-electron chi connectivity index (χ2n) is 11.0. The normalized spacial score (nSPS) is 12.0. The van der Waals surface area contributed by atoms with E-state index in [0.29, 0.717) is 31.2 Å². The molecule has 218 valence electrons. The molecule has 0 aliphatic rings. The zero-order valence-corrected chi connectivity index (χ0v) is 24.9. The number of nitrogens with zero attached hydrogens (tertiary/aromatic N) is 2. The van der Waals surface area contributed by atoms with Crippen molar-refractivity contribution in [3.05, 3.63) is 0 Å². The molecule has 0 saturated heterocycles. The predicted octanol–water partition coefficient (Wildman–Crippen LogP) is 7.33. The van der Waals surface area contributed by atoms with Crippen LogP contribution in [0, 0.1) is 0 Å². The van der Waals surface area contributed by atoms with Gasteiger partial charge in [0.05, 0.1) is 7.11 Å². The van der Waals surface area contributed by atoms with Gasteiger partial charge in [-0.3, -0.25) is 9.59 Å². The number of ether oxygens (including phenoxy) is 1. The van der Waals surface area contributed by atoms with Gasteiger partial charge in [0.15, 0.2) is 0 Å². The minimum absolute atomic E-state index is 0.129. The largest absolute Gasteiger partial charge is 0.469 e. The molecular formula is C31H60N2O4. The number of esters is 1. The van der Waals surface area contributed by atoms with Crippen LogP contribution >= 0.6 is 0 Å². The van der Waals surface area contributed by atoms with Crippen LogP contribution in [0.15, 0.2) is 0 Å². The summed E-state index contributed by atoms with van der Waals surface area (Å²) >= 11 is 0. The number of amides is 1. The molecule has 1 atom stereocenters. The van der Waals surface area contributed by atoms with Crippen LogP contribution < -0.4 is 0 Å². The van der Waals surface area contributed by atoms with Gasteiger partial charge in [0, 0.05) is 31.8 Å². The zero-order chi connectivity index (χ0) is 27.6. The van der Waals surface area contributed by atoms with Gasteiger partial charge in [0.25, 0.3) is 0 Å². The van der Waals surface area contributed by atoms with E-state index in [1.807, 2.05) is 0 Å². The van der Waals surface area contributed by atoms with E-state index in [4.69, 9.17) is 4.74 Å². The molecule has 0 aromatic heterocycles. The van der Waals surface area contributed by atoms with Gasteiger partial charge in [-0.25, -0.2) is 0 Å². The van der Waals surface area contributed by atoms with Gasteiger partial charge in [-0.1, -0.05) is 84.0 Å². The highest BCUT2D eigenvalue weighted by Gasteiger charge is 2.22. The lowest BCUT2D eigenvalue weighted by molar-refractivity contribution is -0.140. The lowest BCUT2D eigenvalue weighted by atomic mass is 9.98. The Labute approximate surface area is 229 Å². The Balaban J connectivity index is 4.91. The quantitative estimate of drug-likeness (QED) is 0.0639. The molecule has 6 nitrogen and oxygen atoms in total. The SMILES string of the molecule is CCCCCCCCCC(CCCCCC=O)N(CCCCCCCC(=O)OC)C(=O)CCCN(C)C. The van der Waals surface area contributed by atoms with Gasteiger partial charge >= 0.3 is 5.97 Å². The Morgan fingerprint density at radius 1 is 0.703 bits per heavy atom. The molecule has 0 aliphatic heterocycles. The molecular weight excluding hydrogens is 464 g/mol. The Kier molecular flexibility index (Phi) is 25.2. The maximum Gasteiger partial charge on any atom is 0.305 e. The summed E-state index contributed by atoms with van der Waals surface area (Å²) in [6.45, 7) is 4.04. The summed E-state index contributed by atoms with van der Waals surface area (Å²) in [5.74, 6) is 0.184. The van der Waals surface area contributed by atoms with Gasteiger partial charge in [-0.15, -0.1) is 0 Å². The minimum Gasteiger partial charge on any atom is -0.469 e. The molecule has 0 radical (unpaired) electrons. The molecule has 0 aliphatic carbocycles. The number of aldehydes is 1. The van der Waals surface area contributed by atoms with E-state index in [9.17, 15) is 14.4 Å². The number of carbonyl (C=O) groups is 3. The second kappa shape index (κ2) is 26.2. The third-order valence-electron chi connectivity index (χ3n) is 7.26. The van der Waals surface area contributed by atoms with Crippen molar-refractivity contribution in [3.8, 4) is 0 Å². The molecule has 6 heteroatoms. The van der Waals surface area contributed by atoms with Crippen molar-refractivity contribution in [1.29, 1.82) is 0 Å². The van der Waals surface area contributed by atoms with Gasteiger partial charge in [-0.2, -0.15) is 0 Å². The highest BCUT2D eigenvalue weighted by atomic mass is 16.5. The maximum absolute atomic E-state index is 13.4. The molecule has 0 bridgehead atoms. The Bertz CT molecular complexity index is 553. The van der Waals surface area contributed by atoms with Crippen LogP contribution in [0.1, 0.15) is 142 Å². The number of carbonyl (C=O) groups excluding carboxylic acids is 3. The zero-order valence-electron chi connectivity index (χ0n) is 24.9. The van der Waals surface area contributed by atoms with Crippen LogP contribution in [0.25, 0.3) is 0 Å². The van der Waals surface area contributed by atoms with Gasteiger partial charge in [-0.05, 0) is 59.2 Å². The van der Waals surface area contributed by atoms with Crippen molar-refractivity contribution >= 4 is 18.2 Å². The molecule has 1 amide bonds. The summed E-state index contributed by atoms with van der Waals surface area (Å²) < 4.78 is 4.72. The van der Waals surface area contributed by atoms with Crippen molar-refractivity contribution in [2.24, 2.45) is 0 Å². The number of rotatable bonds is 27. The summed E-state index contributed by atoms with van der Waals surface area (Å²) in [5.41, 5.74) is 0. The van der Waals surface area contributed by atoms with Gasteiger partial charge in [0.2, 0.25) is 5.91 Å². The standard InChI is InChI=1S/C31H60N2O4/c1-5-6-7-8-9-11-16-22-29(23-17-13-15-20-28-34)33(30(35)24-21-26-32(2)3)27-19-14-10-12-18-25-31(36)37-4/h28-29H,5-27H2,1-4H3. The third-order valence-corrected chi connectivity index (χ3v) is 7.26. The summed E-state index contributed by atoms with van der Waals surface area (Å²) in [5, 5.41) is 0. The first kappa shape index (κ1) is 35.6. The molecule has 0 rings (SSSR count). The van der Waals surface area contributed by atoms with Crippen LogP contribution in [0.5, 0.6) is 0 Å². The Hall–Kier alpha value is -1.43. The molecule has 0 N–H and O–H groups in total. The summed E-state index contributed by atoms with van der Waals surface area (Å²) in [6, 6.07) is 0.318. The van der Waals surface area contributed by atoms with Gasteiger partial charge < -0.3 is 19.3 Å². The fourth-order valence-corrected chi connectivity index (χ4v) is 4.96. The number of unbranched alkanes of at least 4 members (excludes halogenated alkanes) is 13. The molecule has 0 aromatic carbocycles. The fourth-order valence-electron chi connectivity index (χ4n) is 4.96. The monoisotopic (exact) mass is 524 g/mol. The molecule has 1 unspecified atom stereocenters. The van der Waals surface area contributed by atoms with E-state index in [1.54, 1.807) is 0 Å². The average molecular weight is 525 g/mol. The predicted molar refractivity (Wildman–Crippen MR) is 155 cm³/mol. The van der Waals surface area contributed by atoms with E-state index in [2.05, 4.69) is 30.8 Å². The number of hydrogen-bond donors (Lipinski definition) is 0. The average Bonchev–Trinajstić information content (AvgIpc) is 2.88. The number of hydrogen-bond acceptors (Lipinski definition) is 5. The highest BCUT2D eigenvalue weighted by Crippen LogP contribution is 2.21. The van der Waals surface area contributed by atoms with Crippen LogP contribution in [-0.4, -0.2) is 68.3 Å². The van der Waals surface area contributed by atoms with Crippen LogP contribution in [0.3, 0.4) is 0 Å². The topological polar surface area (TPSA) is 66.9 Å². The highest BCUT2D eigenvalue weighted by molar-refractivity contribution is 5.76. The summed E-state index contributed by atoms with van der Waals surface area (Å²) in [6.07, 6.45) is 23.1. The van der Waals surface area contributed by atoms with Crippen molar-refractivity contribution in [3.63, 3.8) is 0 Å². The third kappa shape index (κ3) is 22.3. The molecule has 0 fully saturated rings. The molecule has 37 heavy (non-hydrogen) atoms. The first-order valence-corrected chi connectivity index (χ1v) is 15.4. The summed E-state index contributed by atoms with van der Waals surface area (Å²) in [4.78, 5) is 39.8. The van der Waals surface area contributed by atoms with E-state index >= 15 is 0 Å². The maximum atomic E-state index is 13.4. The first-order chi connectivity index (χ1) is 18.0.